The van der Waals surface area contributed by atoms with Crippen molar-refractivity contribution in [3.05, 3.63) is 41.2 Å². The molecule has 0 aliphatic carbocycles. The fourth-order valence-corrected chi connectivity index (χ4v) is 5.83. The maximum absolute atomic E-state index is 5.01. The van der Waals surface area contributed by atoms with Gasteiger partial charge in [0.05, 0.1) is 20.1 Å². The highest BCUT2D eigenvalue weighted by molar-refractivity contribution is 9.15. The molecular weight excluding hydrogens is 668 g/mol. The van der Waals surface area contributed by atoms with E-state index in [-0.39, 0.29) is 0 Å². The minimum atomic E-state index is -1.53. The van der Waals surface area contributed by atoms with Gasteiger partial charge < -0.3 is 0 Å². The third-order valence-electron chi connectivity index (χ3n) is 3.96. The average Bonchev–Trinajstić information content (AvgIpc) is 2.65. The molecule has 0 bridgehead atoms. The first-order valence-electron chi connectivity index (χ1n) is 9.31. The van der Waals surface area contributed by atoms with Crippen molar-refractivity contribution in [3.63, 3.8) is 0 Å². The van der Waals surface area contributed by atoms with E-state index in [0.29, 0.717) is 0 Å². The van der Waals surface area contributed by atoms with Gasteiger partial charge in [0, 0.05) is 8.95 Å². The summed E-state index contributed by atoms with van der Waals surface area (Å²) in [4.78, 5) is 10.0. The summed E-state index contributed by atoms with van der Waals surface area (Å²) in [6.45, 7) is 13.4. The second kappa shape index (κ2) is 8.80. The first-order valence-corrected chi connectivity index (χ1v) is 19.5. The summed E-state index contributed by atoms with van der Waals surface area (Å²) < 4.78 is 3.48. The first-order chi connectivity index (χ1) is 13.8. The van der Waals surface area contributed by atoms with Crippen molar-refractivity contribution in [1.29, 1.82) is 0 Å². The maximum atomic E-state index is 5.01. The van der Waals surface area contributed by atoms with E-state index in [9.17, 15) is 0 Å². The van der Waals surface area contributed by atoms with E-state index >= 15 is 0 Å². The van der Waals surface area contributed by atoms with Gasteiger partial charge in [0.2, 0.25) is 0 Å². The zero-order chi connectivity index (χ0) is 22.4. The number of hydrogen-bond donors (Lipinski definition) is 0. The fraction of sp³-hybridized carbons (Fsp3) is 0.273. The average molecular weight is 688 g/mol. The van der Waals surface area contributed by atoms with Gasteiger partial charge in [0.1, 0.15) is 38.2 Å². The zero-order valence-electron chi connectivity index (χ0n) is 17.6. The lowest BCUT2D eigenvalue weighted by molar-refractivity contribution is 1.34. The lowest BCUT2D eigenvalue weighted by Crippen LogP contribution is -2.16. The molecule has 1 aromatic heterocycles. The topological polar surface area (TPSA) is 25.8 Å². The van der Waals surface area contributed by atoms with Gasteiger partial charge >= 0.3 is 0 Å². The first kappa shape index (κ1) is 24.2. The number of benzene rings is 2. The predicted octanol–water partition coefficient (Wildman–Crippen LogP) is 8.29. The smallest absolute Gasteiger partial charge is 0.129 e. The highest BCUT2D eigenvalue weighted by Crippen LogP contribution is 2.42. The van der Waals surface area contributed by atoms with Crippen molar-refractivity contribution < 1.29 is 0 Å². The summed E-state index contributed by atoms with van der Waals surface area (Å²) in [6, 6.07) is 4.06. The standard InChI is InChI=1S/C22H20Br4N2Si2/c1-29(2,3)11-9-13-7-8-14(10-12-30(4,5)6)20-19(13)27-21-17(25)15(23)16(24)18(26)22(21)28-20/h7-8H,1-6H3. The Bertz CT molecular complexity index is 1210. The molecule has 0 amide bonds. The molecule has 0 atom stereocenters. The van der Waals surface area contributed by atoms with Gasteiger partial charge in [-0.2, -0.15) is 0 Å². The number of rotatable bonds is 0. The predicted molar refractivity (Wildman–Crippen MR) is 148 cm³/mol. The molecule has 3 aromatic rings. The molecule has 0 saturated heterocycles. The van der Waals surface area contributed by atoms with Crippen molar-refractivity contribution in [3.8, 4) is 22.9 Å². The summed E-state index contributed by atoms with van der Waals surface area (Å²) in [5.41, 5.74) is 11.8. The molecule has 0 spiro atoms. The molecule has 154 valence electrons. The van der Waals surface area contributed by atoms with E-state index in [1.165, 1.54) is 0 Å². The highest BCUT2D eigenvalue weighted by atomic mass is 79.9. The third-order valence-corrected chi connectivity index (χ3v) is 10.4. The number of fused-ring (bicyclic) bond motifs is 2. The quantitative estimate of drug-likeness (QED) is 0.0782. The molecule has 0 aliphatic rings. The number of hydrogen-bond acceptors (Lipinski definition) is 2. The van der Waals surface area contributed by atoms with Crippen LogP contribution in [-0.4, -0.2) is 26.1 Å². The van der Waals surface area contributed by atoms with Gasteiger partial charge in [-0.1, -0.05) is 51.1 Å². The van der Waals surface area contributed by atoms with Gasteiger partial charge in [0.25, 0.3) is 0 Å². The fourth-order valence-electron chi connectivity index (χ4n) is 2.55. The minimum Gasteiger partial charge on any atom is -0.242 e. The maximum Gasteiger partial charge on any atom is 0.129 e. The number of nitrogens with zero attached hydrogens (tertiary/aromatic N) is 2. The van der Waals surface area contributed by atoms with Crippen LogP contribution < -0.4 is 0 Å². The summed E-state index contributed by atoms with van der Waals surface area (Å²) in [5, 5.41) is 0. The lowest BCUT2D eigenvalue weighted by atomic mass is 10.1. The van der Waals surface area contributed by atoms with Crippen molar-refractivity contribution >= 4 is 102 Å². The Hall–Kier alpha value is -0.486. The molecule has 0 N–H and O–H groups in total. The van der Waals surface area contributed by atoms with Crippen molar-refractivity contribution in [2.45, 2.75) is 39.3 Å². The van der Waals surface area contributed by atoms with Crippen LogP contribution in [0.2, 0.25) is 39.3 Å². The summed E-state index contributed by atoms with van der Waals surface area (Å²) in [7, 11) is -3.07. The monoisotopic (exact) mass is 684 g/mol. The molecule has 2 aromatic carbocycles. The van der Waals surface area contributed by atoms with E-state index in [4.69, 9.17) is 9.97 Å². The molecule has 0 radical (unpaired) electrons. The Kier molecular flexibility index (Phi) is 7.09. The van der Waals surface area contributed by atoms with Gasteiger partial charge in [-0.25, -0.2) is 9.97 Å². The van der Waals surface area contributed by atoms with Crippen molar-refractivity contribution in [2.24, 2.45) is 0 Å². The van der Waals surface area contributed by atoms with Crippen LogP contribution in [0.5, 0.6) is 0 Å². The van der Waals surface area contributed by atoms with Gasteiger partial charge in [-0.3, -0.25) is 0 Å². The molecule has 0 fully saturated rings. The zero-order valence-corrected chi connectivity index (χ0v) is 25.9. The van der Waals surface area contributed by atoms with Crippen LogP contribution in [0.3, 0.4) is 0 Å². The van der Waals surface area contributed by atoms with E-state index in [2.05, 4.69) is 126 Å². The second-order valence-electron chi connectivity index (χ2n) is 9.03. The van der Waals surface area contributed by atoms with Crippen LogP contribution in [-0.2, 0) is 0 Å². The van der Waals surface area contributed by atoms with E-state index in [1.54, 1.807) is 0 Å². The Balaban J connectivity index is 2.47. The molecular formula is C22H20Br4N2Si2. The Labute approximate surface area is 213 Å². The minimum absolute atomic E-state index is 0.774. The SMILES string of the molecule is C[Si](C)(C)C#Cc1ccc(C#C[Si](C)(C)C)c2nc3c(Br)c(Br)c(Br)c(Br)c3nc12. The molecule has 30 heavy (non-hydrogen) atoms. The molecule has 8 heteroatoms. The van der Waals surface area contributed by atoms with Crippen LogP contribution >= 0.6 is 63.7 Å². The van der Waals surface area contributed by atoms with Crippen LogP contribution in [0.4, 0.5) is 0 Å². The Morgan fingerprint density at radius 1 is 0.567 bits per heavy atom. The second-order valence-corrected chi connectivity index (χ2v) is 21.7. The van der Waals surface area contributed by atoms with Crippen LogP contribution in [0.25, 0.3) is 22.1 Å². The van der Waals surface area contributed by atoms with Crippen molar-refractivity contribution in [1.82, 2.24) is 9.97 Å². The Morgan fingerprint density at radius 2 is 0.900 bits per heavy atom. The molecule has 0 saturated carbocycles. The van der Waals surface area contributed by atoms with Gasteiger partial charge in [-0.05, 0) is 75.9 Å². The van der Waals surface area contributed by atoms with Gasteiger partial charge in [0.15, 0.2) is 0 Å². The van der Waals surface area contributed by atoms with Crippen molar-refractivity contribution in [2.75, 3.05) is 0 Å². The molecule has 2 nitrogen and oxygen atoms in total. The number of halogens is 4. The van der Waals surface area contributed by atoms with Gasteiger partial charge in [-0.15, -0.1) is 11.1 Å². The normalized spacial score (nSPS) is 11.8. The largest absolute Gasteiger partial charge is 0.242 e. The Morgan fingerprint density at radius 3 is 1.20 bits per heavy atom. The van der Waals surface area contributed by atoms with Crippen LogP contribution in [0.1, 0.15) is 11.1 Å². The summed E-state index contributed by atoms with van der Waals surface area (Å²) in [5.74, 6) is 6.75. The molecule has 1 heterocycles. The lowest BCUT2D eigenvalue weighted by Gasteiger charge is -2.11. The van der Waals surface area contributed by atoms with E-state index in [1.807, 2.05) is 12.1 Å². The molecule has 3 rings (SSSR count). The number of aromatic nitrogens is 2. The molecule has 0 aliphatic heterocycles. The summed E-state index contributed by atoms with van der Waals surface area (Å²) in [6.07, 6.45) is 0. The molecule has 0 unspecified atom stereocenters. The van der Waals surface area contributed by atoms with E-state index < -0.39 is 16.1 Å². The summed E-state index contributed by atoms with van der Waals surface area (Å²) >= 11 is 14.6. The van der Waals surface area contributed by atoms with Crippen LogP contribution in [0.15, 0.2) is 30.0 Å². The van der Waals surface area contributed by atoms with E-state index in [0.717, 1.165) is 51.1 Å². The highest BCUT2D eigenvalue weighted by Gasteiger charge is 2.19. The van der Waals surface area contributed by atoms with Crippen LogP contribution in [0, 0.1) is 22.9 Å². The third kappa shape index (κ3) is 5.28.